The number of rotatable bonds is 7. The first-order chi connectivity index (χ1) is 6.59. The number of hydrogen-bond donors (Lipinski definition) is 2. The van der Waals surface area contributed by atoms with Crippen molar-refractivity contribution in [2.24, 2.45) is 0 Å². The molecule has 6 heteroatoms. The van der Waals surface area contributed by atoms with E-state index < -0.39 is 25.0 Å². The Kier molecular flexibility index (Phi) is 4.21. The van der Waals surface area contributed by atoms with Crippen LogP contribution in [0.1, 0.15) is 12.8 Å². The SMILES string of the molecule is O=C(O)C(COCC(F)F)NC1CC1. The molecule has 4 nitrogen and oxygen atoms in total. The van der Waals surface area contributed by atoms with Crippen molar-refractivity contribution in [2.75, 3.05) is 13.2 Å². The normalized spacial score (nSPS) is 18.5. The van der Waals surface area contributed by atoms with Crippen LogP contribution in [0.15, 0.2) is 0 Å². The number of halogens is 2. The molecule has 1 aliphatic carbocycles. The summed E-state index contributed by atoms with van der Waals surface area (Å²) in [7, 11) is 0. The van der Waals surface area contributed by atoms with Gasteiger partial charge in [0, 0.05) is 6.04 Å². The van der Waals surface area contributed by atoms with Crippen LogP contribution in [0.4, 0.5) is 8.78 Å². The predicted octanol–water partition coefficient (Wildman–Crippen LogP) is 0.473. The quantitative estimate of drug-likeness (QED) is 0.640. The lowest BCUT2D eigenvalue weighted by Gasteiger charge is -2.13. The largest absolute Gasteiger partial charge is 0.480 e. The third kappa shape index (κ3) is 4.48. The van der Waals surface area contributed by atoms with E-state index in [4.69, 9.17) is 5.11 Å². The van der Waals surface area contributed by atoms with Crippen molar-refractivity contribution in [3.8, 4) is 0 Å². The van der Waals surface area contributed by atoms with Crippen LogP contribution >= 0.6 is 0 Å². The fourth-order valence-corrected chi connectivity index (χ4v) is 1.00. The zero-order chi connectivity index (χ0) is 10.6. The molecule has 82 valence electrons. The van der Waals surface area contributed by atoms with Gasteiger partial charge < -0.3 is 9.84 Å². The van der Waals surface area contributed by atoms with Crippen LogP contribution in [0.3, 0.4) is 0 Å². The van der Waals surface area contributed by atoms with Crippen LogP contribution in [0.2, 0.25) is 0 Å². The van der Waals surface area contributed by atoms with Crippen molar-refractivity contribution in [1.82, 2.24) is 5.32 Å². The van der Waals surface area contributed by atoms with Crippen molar-refractivity contribution in [3.63, 3.8) is 0 Å². The van der Waals surface area contributed by atoms with E-state index in [2.05, 4.69) is 10.1 Å². The average Bonchev–Trinajstić information content (AvgIpc) is 2.85. The summed E-state index contributed by atoms with van der Waals surface area (Å²) in [6.45, 7) is -0.924. The highest BCUT2D eigenvalue weighted by Gasteiger charge is 2.28. The van der Waals surface area contributed by atoms with Gasteiger partial charge in [0.05, 0.1) is 6.61 Å². The molecule has 1 unspecified atom stereocenters. The van der Waals surface area contributed by atoms with Crippen LogP contribution in [0.25, 0.3) is 0 Å². The zero-order valence-corrected chi connectivity index (χ0v) is 7.58. The maximum absolute atomic E-state index is 11.7. The van der Waals surface area contributed by atoms with E-state index in [-0.39, 0.29) is 12.6 Å². The van der Waals surface area contributed by atoms with Gasteiger partial charge in [-0.1, -0.05) is 0 Å². The Bertz CT molecular complexity index is 197. The van der Waals surface area contributed by atoms with Gasteiger partial charge in [-0.3, -0.25) is 10.1 Å². The maximum atomic E-state index is 11.7. The monoisotopic (exact) mass is 209 g/mol. The second kappa shape index (κ2) is 5.21. The van der Waals surface area contributed by atoms with Crippen LogP contribution in [0, 0.1) is 0 Å². The lowest BCUT2D eigenvalue weighted by Crippen LogP contribution is -2.42. The summed E-state index contributed by atoms with van der Waals surface area (Å²) >= 11 is 0. The van der Waals surface area contributed by atoms with Gasteiger partial charge in [0.15, 0.2) is 0 Å². The van der Waals surface area contributed by atoms with E-state index in [9.17, 15) is 13.6 Å². The highest BCUT2D eigenvalue weighted by Crippen LogP contribution is 2.19. The summed E-state index contributed by atoms with van der Waals surface area (Å²) in [6.07, 6.45) is -0.664. The summed E-state index contributed by atoms with van der Waals surface area (Å²) in [5, 5.41) is 11.5. The molecule has 0 aliphatic heterocycles. The van der Waals surface area contributed by atoms with E-state index in [1.54, 1.807) is 0 Å². The van der Waals surface area contributed by atoms with Crippen LogP contribution in [-0.4, -0.2) is 42.8 Å². The summed E-state index contributed by atoms with van der Waals surface area (Å²) < 4.78 is 27.9. The number of hydrogen-bond acceptors (Lipinski definition) is 3. The number of carbonyl (C=O) groups is 1. The number of nitrogens with one attached hydrogen (secondary N) is 1. The van der Waals surface area contributed by atoms with Gasteiger partial charge in [-0.2, -0.15) is 0 Å². The summed E-state index contributed by atoms with van der Waals surface area (Å²) in [4.78, 5) is 10.6. The van der Waals surface area contributed by atoms with E-state index in [0.717, 1.165) is 12.8 Å². The number of carboxylic acids is 1. The fourth-order valence-electron chi connectivity index (χ4n) is 1.00. The Morgan fingerprint density at radius 3 is 2.57 bits per heavy atom. The smallest absolute Gasteiger partial charge is 0.323 e. The minimum Gasteiger partial charge on any atom is -0.480 e. The number of carboxylic acid groups (broad SMARTS) is 1. The Balaban J connectivity index is 2.17. The van der Waals surface area contributed by atoms with Gasteiger partial charge in [-0.25, -0.2) is 8.78 Å². The highest BCUT2D eigenvalue weighted by atomic mass is 19.3. The molecule has 1 rings (SSSR count). The van der Waals surface area contributed by atoms with Crippen LogP contribution in [-0.2, 0) is 9.53 Å². The molecule has 1 aliphatic rings. The van der Waals surface area contributed by atoms with Gasteiger partial charge in [-0.15, -0.1) is 0 Å². The lowest BCUT2D eigenvalue weighted by molar-refractivity contribution is -0.141. The third-order valence-electron chi connectivity index (χ3n) is 1.84. The van der Waals surface area contributed by atoms with Crippen molar-refractivity contribution >= 4 is 5.97 Å². The molecule has 0 aromatic carbocycles. The first-order valence-corrected chi connectivity index (χ1v) is 4.44. The summed E-state index contributed by atoms with van der Waals surface area (Å²) in [5.74, 6) is -1.06. The Morgan fingerprint density at radius 2 is 2.14 bits per heavy atom. The predicted molar refractivity (Wildman–Crippen MR) is 44.4 cm³/mol. The lowest BCUT2D eigenvalue weighted by atomic mass is 10.3. The van der Waals surface area contributed by atoms with Gasteiger partial charge in [0.2, 0.25) is 0 Å². The first-order valence-electron chi connectivity index (χ1n) is 4.44. The second-order valence-corrected chi connectivity index (χ2v) is 3.26. The van der Waals surface area contributed by atoms with E-state index in [1.165, 1.54) is 0 Å². The molecule has 0 radical (unpaired) electrons. The highest BCUT2D eigenvalue weighted by molar-refractivity contribution is 5.73. The molecule has 2 N–H and O–H groups in total. The molecule has 14 heavy (non-hydrogen) atoms. The molecule has 1 saturated carbocycles. The van der Waals surface area contributed by atoms with E-state index in [0.29, 0.717) is 0 Å². The van der Waals surface area contributed by atoms with E-state index >= 15 is 0 Å². The van der Waals surface area contributed by atoms with Crippen molar-refractivity contribution in [3.05, 3.63) is 0 Å². The van der Waals surface area contributed by atoms with Gasteiger partial charge in [-0.05, 0) is 12.8 Å². The van der Waals surface area contributed by atoms with Crippen LogP contribution < -0.4 is 5.32 Å². The molecule has 0 saturated heterocycles. The minimum absolute atomic E-state index is 0.212. The molecule has 1 fully saturated rings. The van der Waals surface area contributed by atoms with Gasteiger partial charge in [0.25, 0.3) is 6.43 Å². The van der Waals surface area contributed by atoms with Crippen molar-refractivity contribution < 1.29 is 23.4 Å². The minimum atomic E-state index is -2.55. The molecule has 0 bridgehead atoms. The van der Waals surface area contributed by atoms with E-state index in [1.807, 2.05) is 0 Å². The summed E-state index contributed by atoms with van der Waals surface area (Å²) in [5.41, 5.74) is 0. The molecule has 0 spiro atoms. The second-order valence-electron chi connectivity index (χ2n) is 3.26. The topological polar surface area (TPSA) is 58.6 Å². The fraction of sp³-hybridized carbons (Fsp3) is 0.875. The molecular formula is C8H13F2NO3. The number of aliphatic carboxylic acids is 1. The molecule has 0 amide bonds. The average molecular weight is 209 g/mol. The third-order valence-corrected chi connectivity index (χ3v) is 1.84. The Morgan fingerprint density at radius 1 is 1.50 bits per heavy atom. The van der Waals surface area contributed by atoms with Crippen molar-refractivity contribution in [2.45, 2.75) is 31.4 Å². The van der Waals surface area contributed by atoms with Gasteiger partial charge in [0.1, 0.15) is 12.6 Å². The Labute approximate surface area is 80.2 Å². The first kappa shape index (κ1) is 11.3. The Hall–Kier alpha value is -0.750. The molecule has 0 heterocycles. The molecule has 0 aromatic rings. The van der Waals surface area contributed by atoms with Crippen molar-refractivity contribution in [1.29, 1.82) is 0 Å². The number of alkyl halides is 2. The molecule has 0 aromatic heterocycles. The van der Waals surface area contributed by atoms with Crippen LogP contribution in [0.5, 0.6) is 0 Å². The standard InChI is InChI=1S/C8H13F2NO3/c9-7(10)4-14-3-6(8(12)13)11-5-1-2-5/h5-7,11H,1-4H2,(H,12,13). The van der Waals surface area contributed by atoms with Gasteiger partial charge >= 0.3 is 5.97 Å². The molecular weight excluding hydrogens is 196 g/mol. The zero-order valence-electron chi connectivity index (χ0n) is 7.58. The summed E-state index contributed by atoms with van der Waals surface area (Å²) in [6, 6.07) is -0.660. The maximum Gasteiger partial charge on any atom is 0.323 e. The number of ether oxygens (including phenoxy) is 1. The molecule has 1 atom stereocenters.